The van der Waals surface area contributed by atoms with Crippen molar-refractivity contribution < 1.29 is 23.1 Å². The second-order valence-corrected chi connectivity index (χ2v) is 4.84. The van der Waals surface area contributed by atoms with Crippen LogP contribution in [-0.4, -0.2) is 25.8 Å². The molecule has 0 unspecified atom stereocenters. The summed E-state index contributed by atoms with van der Waals surface area (Å²) < 4.78 is 39.9. The van der Waals surface area contributed by atoms with Crippen molar-refractivity contribution in [3.05, 3.63) is 41.3 Å². The van der Waals surface area contributed by atoms with Crippen LogP contribution in [0.25, 0.3) is 5.82 Å². The first kappa shape index (κ1) is 13.6. The van der Waals surface area contributed by atoms with Gasteiger partial charge in [0, 0.05) is 6.20 Å². The average molecular weight is 297 g/mol. The molecule has 0 aliphatic heterocycles. The molecule has 8 heteroatoms. The Labute approximate surface area is 117 Å². The van der Waals surface area contributed by atoms with E-state index in [0.29, 0.717) is 16.8 Å². The Morgan fingerprint density at radius 3 is 2.67 bits per heavy atom. The summed E-state index contributed by atoms with van der Waals surface area (Å²) in [4.78, 5) is 14.8. The Morgan fingerprint density at radius 1 is 1.38 bits per heavy atom. The van der Waals surface area contributed by atoms with Crippen molar-refractivity contribution in [3.63, 3.8) is 0 Å². The van der Waals surface area contributed by atoms with Gasteiger partial charge < -0.3 is 5.11 Å². The second kappa shape index (κ2) is 4.57. The predicted octanol–water partition coefficient (Wildman–Crippen LogP) is 2.86. The minimum Gasteiger partial charge on any atom is -0.478 e. The molecule has 3 rings (SSSR count). The number of carbonyl (C=O) groups is 1. The summed E-state index contributed by atoms with van der Waals surface area (Å²) in [5, 5.41) is 12.4. The number of hydrogen-bond acceptors (Lipinski definition) is 3. The van der Waals surface area contributed by atoms with Crippen molar-refractivity contribution in [2.24, 2.45) is 0 Å². The van der Waals surface area contributed by atoms with Gasteiger partial charge in [-0.15, -0.1) is 0 Å². The van der Waals surface area contributed by atoms with Crippen molar-refractivity contribution in [2.75, 3.05) is 0 Å². The molecular formula is C13H10F3N3O2. The molecule has 0 amide bonds. The van der Waals surface area contributed by atoms with Crippen molar-refractivity contribution in [3.8, 4) is 5.82 Å². The van der Waals surface area contributed by atoms with E-state index in [0.717, 1.165) is 18.4 Å². The van der Waals surface area contributed by atoms with E-state index in [1.807, 2.05) is 0 Å². The van der Waals surface area contributed by atoms with Crippen LogP contribution in [-0.2, 0) is 6.18 Å². The van der Waals surface area contributed by atoms with Crippen molar-refractivity contribution >= 4 is 5.97 Å². The predicted molar refractivity (Wildman–Crippen MR) is 65.3 cm³/mol. The third-order valence-electron chi connectivity index (χ3n) is 3.30. The summed E-state index contributed by atoms with van der Waals surface area (Å²) >= 11 is 0. The van der Waals surface area contributed by atoms with Gasteiger partial charge in [0.1, 0.15) is 5.56 Å². The normalized spacial score (nSPS) is 15.2. The molecule has 5 nitrogen and oxygen atoms in total. The van der Waals surface area contributed by atoms with E-state index in [9.17, 15) is 18.0 Å². The molecule has 0 atom stereocenters. The Bertz CT molecular complexity index is 705. The van der Waals surface area contributed by atoms with Gasteiger partial charge >= 0.3 is 12.1 Å². The number of hydrogen-bond donors (Lipinski definition) is 1. The Kier molecular flexibility index (Phi) is 2.96. The molecule has 1 fully saturated rings. The highest BCUT2D eigenvalue weighted by molar-refractivity contribution is 5.89. The number of halogens is 3. The van der Waals surface area contributed by atoms with Gasteiger partial charge in [-0.05, 0) is 36.5 Å². The van der Waals surface area contributed by atoms with E-state index in [1.54, 1.807) is 6.07 Å². The molecule has 2 heterocycles. The second-order valence-electron chi connectivity index (χ2n) is 4.84. The van der Waals surface area contributed by atoms with Crippen molar-refractivity contribution in [1.82, 2.24) is 14.8 Å². The average Bonchev–Trinajstić information content (AvgIpc) is 3.15. The lowest BCUT2D eigenvalue weighted by Crippen LogP contribution is -2.18. The molecule has 1 N–H and O–H groups in total. The Balaban J connectivity index is 2.14. The molecule has 2 aromatic rings. The molecule has 2 aromatic heterocycles. The summed E-state index contributed by atoms with van der Waals surface area (Å²) in [6.45, 7) is 0. The number of pyridine rings is 1. The molecule has 0 saturated heterocycles. The first-order valence-electron chi connectivity index (χ1n) is 6.23. The van der Waals surface area contributed by atoms with Gasteiger partial charge in [-0.1, -0.05) is 0 Å². The molecule has 0 aromatic carbocycles. The van der Waals surface area contributed by atoms with E-state index in [2.05, 4.69) is 10.1 Å². The highest BCUT2D eigenvalue weighted by atomic mass is 19.4. The summed E-state index contributed by atoms with van der Waals surface area (Å²) in [5.74, 6) is -1.36. The highest BCUT2D eigenvalue weighted by Gasteiger charge is 2.41. The third kappa shape index (κ3) is 2.48. The van der Waals surface area contributed by atoms with E-state index in [1.165, 1.54) is 12.3 Å². The maximum atomic E-state index is 13.1. The molecule has 0 bridgehead atoms. The van der Waals surface area contributed by atoms with Gasteiger partial charge in [-0.2, -0.15) is 18.3 Å². The zero-order chi connectivity index (χ0) is 15.2. The molecule has 1 aliphatic carbocycles. The number of alkyl halides is 3. The lowest BCUT2D eigenvalue weighted by molar-refractivity contribution is -0.143. The van der Waals surface area contributed by atoms with Gasteiger partial charge in [0.05, 0.1) is 6.20 Å². The van der Waals surface area contributed by atoms with Crippen LogP contribution in [0.1, 0.15) is 40.4 Å². The minimum absolute atomic E-state index is 0.0285. The van der Waals surface area contributed by atoms with Crippen molar-refractivity contribution in [1.29, 1.82) is 0 Å². The summed E-state index contributed by atoms with van der Waals surface area (Å²) in [6, 6.07) is 3.27. The van der Waals surface area contributed by atoms with Crippen LogP contribution in [0.5, 0.6) is 0 Å². The molecule has 1 saturated carbocycles. The minimum atomic E-state index is -4.83. The summed E-state index contributed by atoms with van der Waals surface area (Å²) in [5.41, 5.74) is -1.32. The fourth-order valence-electron chi connectivity index (χ4n) is 2.17. The fraction of sp³-hybridized carbons (Fsp3) is 0.308. The van der Waals surface area contributed by atoms with E-state index < -0.39 is 23.4 Å². The van der Waals surface area contributed by atoms with Gasteiger partial charge in [0.15, 0.2) is 11.5 Å². The maximum Gasteiger partial charge on any atom is 0.434 e. The molecule has 0 radical (unpaired) electrons. The van der Waals surface area contributed by atoms with E-state index in [4.69, 9.17) is 5.11 Å². The largest absolute Gasteiger partial charge is 0.478 e. The van der Waals surface area contributed by atoms with Crippen LogP contribution < -0.4 is 0 Å². The fourth-order valence-corrected chi connectivity index (χ4v) is 2.17. The van der Waals surface area contributed by atoms with E-state index >= 15 is 0 Å². The Morgan fingerprint density at radius 2 is 2.10 bits per heavy atom. The molecule has 0 spiro atoms. The van der Waals surface area contributed by atoms with Gasteiger partial charge in [0.2, 0.25) is 0 Å². The van der Waals surface area contributed by atoms with Gasteiger partial charge in [0.25, 0.3) is 0 Å². The maximum absolute atomic E-state index is 13.1. The van der Waals surface area contributed by atoms with Gasteiger partial charge in [-0.25, -0.2) is 14.5 Å². The van der Waals surface area contributed by atoms with Crippen LogP contribution in [0.2, 0.25) is 0 Å². The van der Waals surface area contributed by atoms with E-state index in [-0.39, 0.29) is 5.82 Å². The zero-order valence-electron chi connectivity index (χ0n) is 10.6. The number of rotatable bonds is 3. The number of nitrogens with zero attached hydrogens (tertiary/aromatic N) is 3. The smallest absolute Gasteiger partial charge is 0.434 e. The topological polar surface area (TPSA) is 68.0 Å². The molecule has 110 valence electrons. The number of carboxylic acids is 1. The molecule has 1 aliphatic rings. The quantitative estimate of drug-likeness (QED) is 0.946. The third-order valence-corrected chi connectivity index (χ3v) is 3.30. The van der Waals surface area contributed by atoms with Crippen LogP contribution in [0.15, 0.2) is 24.5 Å². The monoisotopic (exact) mass is 297 g/mol. The van der Waals surface area contributed by atoms with Gasteiger partial charge in [-0.3, -0.25) is 0 Å². The molecular weight excluding hydrogens is 287 g/mol. The summed E-state index contributed by atoms with van der Waals surface area (Å²) in [7, 11) is 0. The first-order valence-corrected chi connectivity index (χ1v) is 6.23. The van der Waals surface area contributed by atoms with Crippen LogP contribution in [0.4, 0.5) is 13.2 Å². The lowest BCUT2D eigenvalue weighted by Gasteiger charge is -2.11. The van der Waals surface area contributed by atoms with Crippen molar-refractivity contribution in [2.45, 2.75) is 24.9 Å². The SMILES string of the molecule is O=C(O)c1cnn(-c2cc(C3CC3)ccn2)c1C(F)(F)F. The van der Waals surface area contributed by atoms with Crippen LogP contribution >= 0.6 is 0 Å². The lowest BCUT2D eigenvalue weighted by atomic mass is 10.2. The zero-order valence-corrected chi connectivity index (χ0v) is 10.6. The Hall–Kier alpha value is -2.38. The standard InChI is InChI=1S/C13H10F3N3O2/c14-13(15,16)11-9(12(20)21)6-18-19(11)10-5-8(3-4-17-10)7-1-2-7/h3-7H,1-2H2,(H,20,21). The highest BCUT2D eigenvalue weighted by Crippen LogP contribution is 2.40. The van der Waals surface area contributed by atoms with Crippen LogP contribution in [0.3, 0.4) is 0 Å². The number of carboxylic acid groups (broad SMARTS) is 1. The number of aromatic nitrogens is 3. The molecule has 21 heavy (non-hydrogen) atoms. The summed E-state index contributed by atoms with van der Waals surface area (Å²) in [6.07, 6.45) is -0.743. The number of aromatic carboxylic acids is 1. The first-order chi connectivity index (χ1) is 9.88. The van der Waals surface area contributed by atoms with Crippen LogP contribution in [0, 0.1) is 0 Å².